The average molecular weight is 409 g/mol. The van der Waals surface area contributed by atoms with Crippen molar-refractivity contribution in [1.82, 2.24) is 9.99 Å². The SMILES string of the molecule is COc1ccc(CC(=O)N/N=C\c2cc(C)n(-c3ccc(F)cc3)c2C)cc1OC. The van der Waals surface area contributed by atoms with E-state index in [9.17, 15) is 9.18 Å². The van der Waals surface area contributed by atoms with Gasteiger partial charge in [-0.2, -0.15) is 5.10 Å². The lowest BCUT2D eigenvalue weighted by molar-refractivity contribution is -0.120. The number of amides is 1. The third-order valence-electron chi connectivity index (χ3n) is 4.76. The van der Waals surface area contributed by atoms with E-state index in [1.807, 2.05) is 24.5 Å². The molecule has 0 bridgehead atoms. The van der Waals surface area contributed by atoms with Crippen LogP contribution in [0.5, 0.6) is 11.5 Å². The maximum absolute atomic E-state index is 13.2. The van der Waals surface area contributed by atoms with Crippen LogP contribution < -0.4 is 14.9 Å². The number of nitrogens with one attached hydrogen (secondary N) is 1. The zero-order valence-electron chi connectivity index (χ0n) is 17.4. The van der Waals surface area contributed by atoms with Crippen molar-refractivity contribution < 1.29 is 18.7 Å². The van der Waals surface area contributed by atoms with Crippen LogP contribution in [-0.2, 0) is 11.2 Å². The van der Waals surface area contributed by atoms with Gasteiger partial charge in [-0.15, -0.1) is 0 Å². The van der Waals surface area contributed by atoms with Crippen LogP contribution >= 0.6 is 0 Å². The van der Waals surface area contributed by atoms with Gasteiger partial charge >= 0.3 is 0 Å². The minimum atomic E-state index is -0.278. The Bertz CT molecular complexity index is 1070. The summed E-state index contributed by atoms with van der Waals surface area (Å²) in [7, 11) is 3.11. The van der Waals surface area contributed by atoms with Crippen LogP contribution in [0.1, 0.15) is 22.5 Å². The van der Waals surface area contributed by atoms with Crippen LogP contribution in [0.3, 0.4) is 0 Å². The fourth-order valence-corrected chi connectivity index (χ4v) is 3.30. The smallest absolute Gasteiger partial charge is 0.244 e. The molecule has 3 rings (SSSR count). The third kappa shape index (κ3) is 4.68. The molecule has 1 heterocycles. The highest BCUT2D eigenvalue weighted by Crippen LogP contribution is 2.27. The molecule has 1 amide bonds. The second-order valence-corrected chi connectivity index (χ2v) is 6.80. The minimum absolute atomic E-state index is 0.159. The normalized spacial score (nSPS) is 11.0. The molecule has 0 unspecified atom stereocenters. The van der Waals surface area contributed by atoms with Crippen molar-refractivity contribution in [3.05, 3.63) is 76.9 Å². The van der Waals surface area contributed by atoms with Gasteiger partial charge in [0.1, 0.15) is 5.82 Å². The molecule has 1 N–H and O–H groups in total. The van der Waals surface area contributed by atoms with Gasteiger partial charge in [-0.25, -0.2) is 9.82 Å². The number of halogens is 1. The van der Waals surface area contributed by atoms with E-state index in [0.717, 1.165) is 28.2 Å². The predicted octanol–water partition coefficient (Wildman–Crippen LogP) is 3.94. The Labute approximate surface area is 174 Å². The number of ether oxygens (including phenoxy) is 2. The van der Waals surface area contributed by atoms with Gasteiger partial charge in [-0.3, -0.25) is 4.79 Å². The number of hydrogen-bond acceptors (Lipinski definition) is 4. The van der Waals surface area contributed by atoms with E-state index in [2.05, 4.69) is 10.5 Å². The first-order valence-electron chi connectivity index (χ1n) is 9.40. The number of carbonyl (C=O) groups is 1. The van der Waals surface area contributed by atoms with Crippen LogP contribution in [0.15, 0.2) is 53.6 Å². The molecular formula is C23H24FN3O3. The summed E-state index contributed by atoms with van der Waals surface area (Å²) >= 11 is 0. The zero-order valence-corrected chi connectivity index (χ0v) is 17.4. The Hall–Kier alpha value is -3.61. The van der Waals surface area contributed by atoms with Crippen molar-refractivity contribution in [1.29, 1.82) is 0 Å². The minimum Gasteiger partial charge on any atom is -0.493 e. The van der Waals surface area contributed by atoms with Gasteiger partial charge in [0.15, 0.2) is 11.5 Å². The first kappa shape index (κ1) is 21.1. The van der Waals surface area contributed by atoms with Crippen LogP contribution in [0.4, 0.5) is 4.39 Å². The summed E-state index contributed by atoms with van der Waals surface area (Å²) in [5, 5.41) is 4.08. The van der Waals surface area contributed by atoms with E-state index >= 15 is 0 Å². The first-order chi connectivity index (χ1) is 14.4. The molecule has 0 aliphatic rings. The molecule has 1 aromatic heterocycles. The molecule has 156 valence electrons. The molecule has 0 aliphatic carbocycles. The summed E-state index contributed by atoms with van der Waals surface area (Å²) in [6.45, 7) is 3.91. The topological polar surface area (TPSA) is 64.8 Å². The van der Waals surface area contributed by atoms with Crippen molar-refractivity contribution in [2.75, 3.05) is 14.2 Å². The monoisotopic (exact) mass is 409 g/mol. The van der Waals surface area contributed by atoms with E-state index in [0.29, 0.717) is 11.5 Å². The van der Waals surface area contributed by atoms with Crippen molar-refractivity contribution in [3.63, 3.8) is 0 Å². The molecule has 0 fully saturated rings. The molecule has 7 heteroatoms. The molecule has 2 aromatic carbocycles. The average Bonchev–Trinajstić information content (AvgIpc) is 3.02. The highest BCUT2D eigenvalue weighted by atomic mass is 19.1. The summed E-state index contributed by atoms with van der Waals surface area (Å²) < 4.78 is 25.7. The Kier molecular flexibility index (Phi) is 6.51. The molecule has 6 nitrogen and oxygen atoms in total. The van der Waals surface area contributed by atoms with Gasteiger partial charge in [0.2, 0.25) is 5.91 Å². The molecule has 0 saturated heterocycles. The van der Waals surface area contributed by atoms with Crippen LogP contribution in [0, 0.1) is 19.7 Å². The summed E-state index contributed by atoms with van der Waals surface area (Å²) in [6.07, 6.45) is 1.77. The van der Waals surface area contributed by atoms with Gasteiger partial charge in [-0.05, 0) is 61.9 Å². The first-order valence-corrected chi connectivity index (χ1v) is 9.40. The molecule has 0 atom stereocenters. The second-order valence-electron chi connectivity index (χ2n) is 6.80. The van der Waals surface area contributed by atoms with Crippen molar-refractivity contribution in [2.45, 2.75) is 20.3 Å². The Balaban J connectivity index is 1.67. The Morgan fingerprint density at radius 2 is 1.77 bits per heavy atom. The Morgan fingerprint density at radius 3 is 2.43 bits per heavy atom. The number of benzene rings is 2. The van der Waals surface area contributed by atoms with E-state index in [1.54, 1.807) is 50.8 Å². The van der Waals surface area contributed by atoms with E-state index in [-0.39, 0.29) is 18.1 Å². The van der Waals surface area contributed by atoms with Gasteiger partial charge in [0.25, 0.3) is 0 Å². The fraction of sp³-hybridized carbons (Fsp3) is 0.217. The molecular weight excluding hydrogens is 385 g/mol. The van der Waals surface area contributed by atoms with Crippen molar-refractivity contribution in [2.24, 2.45) is 5.10 Å². The molecule has 0 saturated carbocycles. The molecule has 0 aliphatic heterocycles. The summed E-state index contributed by atoms with van der Waals surface area (Å²) in [5.74, 6) is 0.654. The highest BCUT2D eigenvalue weighted by molar-refractivity contribution is 5.85. The molecule has 3 aromatic rings. The fourth-order valence-electron chi connectivity index (χ4n) is 3.30. The largest absolute Gasteiger partial charge is 0.493 e. The maximum Gasteiger partial charge on any atom is 0.244 e. The number of aromatic nitrogens is 1. The van der Waals surface area contributed by atoms with Gasteiger partial charge in [0.05, 0.1) is 26.9 Å². The number of carbonyl (C=O) groups excluding carboxylic acids is 1. The standard InChI is InChI=1S/C23H24FN3O3/c1-15-11-18(16(2)27(15)20-8-6-19(24)7-9-20)14-25-26-23(28)13-17-5-10-21(29-3)22(12-17)30-4/h5-12,14H,13H2,1-4H3,(H,26,28)/b25-14-. The highest BCUT2D eigenvalue weighted by Gasteiger charge is 2.10. The summed E-state index contributed by atoms with van der Waals surface area (Å²) in [6, 6.07) is 13.6. The van der Waals surface area contributed by atoms with Crippen molar-refractivity contribution >= 4 is 12.1 Å². The van der Waals surface area contributed by atoms with Gasteiger partial charge in [0, 0.05) is 22.6 Å². The quantitative estimate of drug-likeness (QED) is 0.475. The summed E-state index contributed by atoms with van der Waals surface area (Å²) in [4.78, 5) is 12.2. The van der Waals surface area contributed by atoms with Crippen molar-refractivity contribution in [3.8, 4) is 17.2 Å². The second kappa shape index (κ2) is 9.26. The van der Waals surface area contributed by atoms with Gasteiger partial charge < -0.3 is 14.0 Å². The van der Waals surface area contributed by atoms with E-state index in [1.165, 1.54) is 12.1 Å². The molecule has 0 radical (unpaired) electrons. The predicted molar refractivity (Wildman–Crippen MR) is 114 cm³/mol. The van der Waals surface area contributed by atoms with Crippen LogP contribution in [0.2, 0.25) is 0 Å². The van der Waals surface area contributed by atoms with Crippen LogP contribution in [-0.4, -0.2) is 30.9 Å². The van der Waals surface area contributed by atoms with E-state index in [4.69, 9.17) is 9.47 Å². The number of hydrogen-bond donors (Lipinski definition) is 1. The number of hydrazone groups is 1. The maximum atomic E-state index is 13.2. The number of rotatable bonds is 7. The lowest BCUT2D eigenvalue weighted by Gasteiger charge is -2.09. The van der Waals surface area contributed by atoms with Gasteiger partial charge in [-0.1, -0.05) is 6.07 Å². The number of methoxy groups -OCH3 is 2. The molecule has 0 spiro atoms. The Morgan fingerprint density at radius 1 is 1.07 bits per heavy atom. The lowest BCUT2D eigenvalue weighted by Crippen LogP contribution is -2.19. The van der Waals surface area contributed by atoms with E-state index < -0.39 is 0 Å². The number of nitrogens with zero attached hydrogens (tertiary/aromatic N) is 2. The zero-order chi connectivity index (χ0) is 21.7. The van der Waals surface area contributed by atoms with Crippen LogP contribution in [0.25, 0.3) is 5.69 Å². The molecule has 30 heavy (non-hydrogen) atoms. The summed E-state index contributed by atoms with van der Waals surface area (Å²) in [5.41, 5.74) is 6.99. The lowest BCUT2D eigenvalue weighted by atomic mass is 10.1. The third-order valence-corrected chi connectivity index (χ3v) is 4.76. The number of aryl methyl sites for hydroxylation is 1.